The number of aryl methyl sites for hydroxylation is 2. The average Bonchev–Trinajstić information content (AvgIpc) is 3.22. The summed E-state index contributed by atoms with van der Waals surface area (Å²) in [5.74, 6) is 0.872. The van der Waals surface area contributed by atoms with Gasteiger partial charge < -0.3 is 14.7 Å². The Morgan fingerprint density at radius 1 is 1.21 bits per heavy atom. The zero-order valence-corrected chi connectivity index (χ0v) is 17.1. The first kappa shape index (κ1) is 19.1. The molecule has 0 unspecified atom stereocenters. The number of hydrogen-bond donors (Lipinski definition) is 2. The number of nitrogens with zero attached hydrogens (tertiary/aromatic N) is 2. The predicted octanol–water partition coefficient (Wildman–Crippen LogP) is 4.36. The van der Waals surface area contributed by atoms with Gasteiger partial charge in [-0.3, -0.25) is 9.89 Å². The highest BCUT2D eigenvalue weighted by Gasteiger charge is 2.42. The second kappa shape index (κ2) is 7.28. The molecule has 0 aliphatic carbocycles. The minimum atomic E-state index is -0.266. The number of rotatable bonds is 5. The van der Waals surface area contributed by atoms with E-state index in [1.54, 1.807) is 13.2 Å². The molecule has 1 amide bonds. The number of aromatic amines is 1. The minimum absolute atomic E-state index is 0.0642. The number of aromatic hydroxyl groups is 1. The fourth-order valence-corrected chi connectivity index (χ4v) is 4.24. The van der Waals surface area contributed by atoms with Crippen LogP contribution < -0.4 is 4.74 Å². The van der Waals surface area contributed by atoms with Crippen molar-refractivity contribution in [2.45, 2.75) is 33.2 Å². The molecule has 2 N–H and O–H groups in total. The highest BCUT2D eigenvalue weighted by Crippen LogP contribution is 2.45. The quantitative estimate of drug-likeness (QED) is 0.677. The summed E-state index contributed by atoms with van der Waals surface area (Å²) < 4.78 is 5.29. The number of nitrogens with one attached hydrogen (secondary N) is 1. The van der Waals surface area contributed by atoms with Crippen molar-refractivity contribution in [1.29, 1.82) is 0 Å². The summed E-state index contributed by atoms with van der Waals surface area (Å²) >= 11 is 0. The number of carbonyl (C=O) groups excluding carboxylic acids is 1. The van der Waals surface area contributed by atoms with E-state index in [0.717, 1.165) is 34.4 Å². The van der Waals surface area contributed by atoms with Crippen LogP contribution in [0, 0.1) is 13.8 Å². The van der Waals surface area contributed by atoms with Gasteiger partial charge in [-0.1, -0.05) is 25.1 Å². The molecule has 0 fully saturated rings. The van der Waals surface area contributed by atoms with Gasteiger partial charge in [-0.05, 0) is 55.2 Å². The summed E-state index contributed by atoms with van der Waals surface area (Å²) in [6.45, 7) is 6.58. The van der Waals surface area contributed by atoms with Crippen molar-refractivity contribution in [3.05, 3.63) is 64.3 Å². The Hall–Kier alpha value is -3.28. The summed E-state index contributed by atoms with van der Waals surface area (Å²) in [5.41, 5.74) is 5.49. The Morgan fingerprint density at radius 3 is 2.55 bits per heavy atom. The van der Waals surface area contributed by atoms with Crippen LogP contribution in [0.15, 0.2) is 36.4 Å². The molecule has 0 radical (unpaired) electrons. The summed E-state index contributed by atoms with van der Waals surface area (Å²) in [5, 5.41) is 18.1. The topological polar surface area (TPSA) is 78.5 Å². The molecule has 2 aromatic carbocycles. The molecule has 29 heavy (non-hydrogen) atoms. The second-order valence-electron chi connectivity index (χ2n) is 7.51. The van der Waals surface area contributed by atoms with Gasteiger partial charge in [0, 0.05) is 17.7 Å². The third-order valence-electron chi connectivity index (χ3n) is 5.46. The van der Waals surface area contributed by atoms with Crippen LogP contribution in [-0.2, 0) is 0 Å². The van der Waals surface area contributed by atoms with Crippen molar-refractivity contribution in [3.63, 3.8) is 0 Å². The lowest BCUT2D eigenvalue weighted by molar-refractivity contribution is 0.0744. The maximum atomic E-state index is 13.1. The van der Waals surface area contributed by atoms with E-state index in [9.17, 15) is 9.90 Å². The fourth-order valence-electron chi connectivity index (χ4n) is 4.24. The number of amides is 1. The molecule has 6 heteroatoms. The molecule has 1 aliphatic rings. The lowest BCUT2D eigenvalue weighted by Crippen LogP contribution is -2.30. The number of H-pyrrole nitrogens is 1. The maximum Gasteiger partial charge on any atom is 0.273 e. The van der Waals surface area contributed by atoms with Crippen molar-refractivity contribution in [1.82, 2.24) is 15.1 Å². The van der Waals surface area contributed by atoms with Crippen molar-refractivity contribution in [2.24, 2.45) is 0 Å². The Morgan fingerprint density at radius 2 is 1.93 bits per heavy atom. The Kier molecular flexibility index (Phi) is 4.78. The van der Waals surface area contributed by atoms with Crippen LogP contribution >= 0.6 is 0 Å². The fraction of sp³-hybridized carbons (Fsp3) is 0.304. The Labute approximate surface area is 170 Å². The molecule has 0 saturated heterocycles. The number of hydrogen-bond acceptors (Lipinski definition) is 4. The number of ether oxygens (including phenoxy) is 1. The normalized spacial score (nSPS) is 15.7. The molecule has 0 spiro atoms. The van der Waals surface area contributed by atoms with E-state index in [4.69, 9.17) is 4.74 Å². The van der Waals surface area contributed by atoms with E-state index >= 15 is 0 Å². The zero-order valence-electron chi connectivity index (χ0n) is 17.1. The van der Waals surface area contributed by atoms with Gasteiger partial charge in [0.2, 0.25) is 0 Å². The van der Waals surface area contributed by atoms with Crippen LogP contribution in [0.4, 0.5) is 0 Å². The van der Waals surface area contributed by atoms with Crippen LogP contribution in [-0.4, -0.2) is 39.8 Å². The first-order chi connectivity index (χ1) is 14.0. The number of methoxy groups -OCH3 is 1. The molecule has 6 nitrogen and oxygen atoms in total. The third-order valence-corrected chi connectivity index (χ3v) is 5.46. The van der Waals surface area contributed by atoms with E-state index in [1.165, 1.54) is 0 Å². The van der Waals surface area contributed by atoms with Crippen molar-refractivity contribution < 1.29 is 14.6 Å². The van der Waals surface area contributed by atoms with Gasteiger partial charge in [0.25, 0.3) is 5.91 Å². The number of fused-ring (bicyclic) bond motifs is 1. The Balaban J connectivity index is 1.91. The molecule has 0 saturated carbocycles. The van der Waals surface area contributed by atoms with Gasteiger partial charge in [0.15, 0.2) is 0 Å². The lowest BCUT2D eigenvalue weighted by atomic mass is 9.93. The molecule has 150 valence electrons. The van der Waals surface area contributed by atoms with E-state index in [0.29, 0.717) is 23.5 Å². The largest absolute Gasteiger partial charge is 0.507 e. The van der Waals surface area contributed by atoms with Crippen molar-refractivity contribution in [2.75, 3.05) is 13.7 Å². The molecule has 3 aromatic rings. The Bertz CT molecular complexity index is 1050. The smallest absolute Gasteiger partial charge is 0.273 e. The summed E-state index contributed by atoms with van der Waals surface area (Å²) in [7, 11) is 1.63. The maximum absolute atomic E-state index is 13.1. The predicted molar refractivity (Wildman–Crippen MR) is 111 cm³/mol. The second-order valence-corrected chi connectivity index (χ2v) is 7.51. The summed E-state index contributed by atoms with van der Waals surface area (Å²) in [6.07, 6.45) is 0.847. The molecular formula is C23H25N3O3. The monoisotopic (exact) mass is 391 g/mol. The molecule has 1 aliphatic heterocycles. The van der Waals surface area contributed by atoms with Crippen LogP contribution in [0.2, 0.25) is 0 Å². The van der Waals surface area contributed by atoms with Gasteiger partial charge >= 0.3 is 0 Å². The zero-order chi connectivity index (χ0) is 20.7. The van der Waals surface area contributed by atoms with Gasteiger partial charge in [-0.15, -0.1) is 0 Å². The highest BCUT2D eigenvalue weighted by molar-refractivity contribution is 6.00. The highest BCUT2D eigenvalue weighted by atomic mass is 16.5. The van der Waals surface area contributed by atoms with Crippen LogP contribution in [0.3, 0.4) is 0 Å². The summed E-state index contributed by atoms with van der Waals surface area (Å²) in [6, 6.07) is 11.2. The number of carbonyl (C=O) groups is 1. The van der Waals surface area contributed by atoms with Gasteiger partial charge in [-0.25, -0.2) is 0 Å². The minimum Gasteiger partial charge on any atom is -0.507 e. The first-order valence-corrected chi connectivity index (χ1v) is 9.80. The van der Waals surface area contributed by atoms with E-state index < -0.39 is 0 Å². The number of aromatic nitrogens is 2. The molecule has 2 heterocycles. The van der Waals surface area contributed by atoms with Gasteiger partial charge in [0.1, 0.15) is 22.9 Å². The SMILES string of the molecule is CCCN1C(=O)c2[nH]nc(-c3c(C)cc(C)cc3O)c2[C@@H]1c1ccc(OC)cc1. The van der Waals surface area contributed by atoms with Gasteiger partial charge in [-0.2, -0.15) is 5.10 Å². The first-order valence-electron chi connectivity index (χ1n) is 9.80. The van der Waals surface area contributed by atoms with E-state index in [-0.39, 0.29) is 17.7 Å². The van der Waals surface area contributed by atoms with Crippen LogP contribution in [0.1, 0.15) is 52.1 Å². The molecule has 0 bridgehead atoms. The molecule has 1 aromatic heterocycles. The van der Waals surface area contributed by atoms with Crippen molar-refractivity contribution in [3.8, 4) is 22.8 Å². The van der Waals surface area contributed by atoms with Gasteiger partial charge in [0.05, 0.1) is 13.2 Å². The number of phenols is 1. The number of phenolic OH excluding ortho intramolecular Hbond substituents is 1. The standard InChI is InChI=1S/C23H25N3O3/c1-5-10-26-22(15-6-8-16(29-4)9-7-15)19-20(24-25-21(19)23(26)28)18-14(3)11-13(2)12-17(18)27/h6-9,11-12,22,27H,5,10H2,1-4H3,(H,24,25)/t22-/m0/s1. The molecule has 1 atom stereocenters. The van der Waals surface area contributed by atoms with E-state index in [2.05, 4.69) is 17.1 Å². The lowest BCUT2D eigenvalue weighted by Gasteiger charge is -2.26. The molecular weight excluding hydrogens is 366 g/mol. The van der Waals surface area contributed by atoms with Crippen LogP contribution in [0.5, 0.6) is 11.5 Å². The van der Waals surface area contributed by atoms with E-state index in [1.807, 2.05) is 49.1 Å². The molecule has 4 rings (SSSR count). The van der Waals surface area contributed by atoms with Crippen molar-refractivity contribution >= 4 is 5.91 Å². The summed E-state index contributed by atoms with van der Waals surface area (Å²) in [4.78, 5) is 15.0. The third kappa shape index (κ3) is 3.05. The average molecular weight is 391 g/mol. The number of benzene rings is 2. The van der Waals surface area contributed by atoms with Crippen LogP contribution in [0.25, 0.3) is 11.3 Å².